The van der Waals surface area contributed by atoms with E-state index in [4.69, 9.17) is 9.15 Å². The van der Waals surface area contributed by atoms with Gasteiger partial charge in [0.2, 0.25) is 0 Å². The predicted molar refractivity (Wildman–Crippen MR) is 75.5 cm³/mol. The van der Waals surface area contributed by atoms with E-state index in [2.05, 4.69) is 9.97 Å². The first kappa shape index (κ1) is 15.0. The summed E-state index contributed by atoms with van der Waals surface area (Å²) < 4.78 is 49.8. The Hall–Kier alpha value is -1.93. The zero-order chi connectivity index (χ0) is 15.7. The number of halogens is 3. The molecule has 0 aliphatic heterocycles. The highest BCUT2D eigenvalue weighted by atomic mass is 32.1. The van der Waals surface area contributed by atoms with Gasteiger partial charge in [-0.25, -0.2) is 9.97 Å². The van der Waals surface area contributed by atoms with Gasteiger partial charge in [0.25, 0.3) is 0 Å². The largest absolute Gasteiger partial charge is 0.443 e. The van der Waals surface area contributed by atoms with Crippen molar-refractivity contribution >= 4 is 22.4 Å². The molecule has 1 aromatic carbocycles. The van der Waals surface area contributed by atoms with Crippen molar-refractivity contribution in [1.82, 2.24) is 9.97 Å². The summed E-state index contributed by atoms with van der Waals surface area (Å²) in [7, 11) is 0. The van der Waals surface area contributed by atoms with Gasteiger partial charge in [-0.15, -0.1) is 11.3 Å². The van der Waals surface area contributed by atoms with Crippen LogP contribution in [0.2, 0.25) is 0 Å². The van der Waals surface area contributed by atoms with Gasteiger partial charge in [0, 0.05) is 18.2 Å². The van der Waals surface area contributed by atoms with Crippen molar-refractivity contribution in [2.24, 2.45) is 0 Å². The monoisotopic (exact) mass is 328 g/mol. The Morgan fingerprint density at radius 3 is 2.77 bits per heavy atom. The molecule has 22 heavy (non-hydrogen) atoms. The van der Waals surface area contributed by atoms with Crippen molar-refractivity contribution in [3.05, 3.63) is 35.7 Å². The number of rotatable bonds is 4. The Morgan fingerprint density at radius 1 is 1.32 bits per heavy atom. The van der Waals surface area contributed by atoms with Crippen LogP contribution in [0.15, 0.2) is 34.5 Å². The van der Waals surface area contributed by atoms with Crippen molar-refractivity contribution in [1.29, 1.82) is 0 Å². The molecule has 0 aliphatic rings. The van der Waals surface area contributed by atoms with Crippen LogP contribution in [0.1, 0.15) is 18.6 Å². The molecule has 116 valence electrons. The molecule has 8 heteroatoms. The highest BCUT2D eigenvalue weighted by Crippen LogP contribution is 2.40. The van der Waals surface area contributed by atoms with E-state index in [0.29, 0.717) is 21.7 Å². The summed E-state index contributed by atoms with van der Waals surface area (Å²) in [5, 5.41) is 2.31. The summed E-state index contributed by atoms with van der Waals surface area (Å²) in [5.74, 6) is 0. The number of oxazole rings is 1. The lowest BCUT2D eigenvalue weighted by molar-refractivity contribution is -0.222. The third-order valence-electron chi connectivity index (χ3n) is 3.05. The fourth-order valence-electron chi connectivity index (χ4n) is 2.20. The molecule has 0 radical (unpaired) electrons. The van der Waals surface area contributed by atoms with Gasteiger partial charge in [0.1, 0.15) is 10.5 Å². The molecule has 4 nitrogen and oxygen atoms in total. The van der Waals surface area contributed by atoms with Crippen LogP contribution in [0.4, 0.5) is 13.2 Å². The summed E-state index contributed by atoms with van der Waals surface area (Å²) in [4.78, 5) is 8.10. The van der Waals surface area contributed by atoms with E-state index in [1.165, 1.54) is 36.8 Å². The van der Waals surface area contributed by atoms with E-state index < -0.39 is 12.3 Å². The van der Waals surface area contributed by atoms with Crippen molar-refractivity contribution in [2.45, 2.75) is 19.2 Å². The second-order valence-electron chi connectivity index (χ2n) is 4.48. The Labute approximate surface area is 127 Å². The molecule has 3 rings (SSSR count). The van der Waals surface area contributed by atoms with Crippen LogP contribution >= 0.6 is 11.3 Å². The van der Waals surface area contributed by atoms with Gasteiger partial charge in [-0.05, 0) is 24.6 Å². The molecule has 3 aromatic rings. The minimum absolute atomic E-state index is 0.0130. The maximum Gasteiger partial charge on any atom is 0.418 e. The molecule has 2 aromatic heterocycles. The average molecular weight is 328 g/mol. The molecular weight excluding hydrogens is 317 g/mol. The van der Waals surface area contributed by atoms with Crippen molar-refractivity contribution in [3.8, 4) is 10.6 Å². The van der Waals surface area contributed by atoms with Crippen LogP contribution in [0.3, 0.4) is 0 Å². The molecule has 1 atom stereocenters. The highest BCUT2D eigenvalue weighted by molar-refractivity contribution is 7.13. The maximum absolute atomic E-state index is 13.2. The van der Waals surface area contributed by atoms with Crippen molar-refractivity contribution in [3.63, 3.8) is 0 Å². The summed E-state index contributed by atoms with van der Waals surface area (Å²) in [5.41, 5.74) is 1.22. The van der Waals surface area contributed by atoms with Crippen LogP contribution < -0.4 is 0 Å². The number of alkyl halides is 3. The quantitative estimate of drug-likeness (QED) is 0.703. The van der Waals surface area contributed by atoms with Gasteiger partial charge >= 0.3 is 6.18 Å². The number of aromatic nitrogens is 2. The maximum atomic E-state index is 13.2. The molecule has 2 heterocycles. The van der Waals surface area contributed by atoms with Crippen molar-refractivity contribution < 1.29 is 22.3 Å². The zero-order valence-electron chi connectivity index (χ0n) is 11.4. The van der Waals surface area contributed by atoms with Gasteiger partial charge in [0.15, 0.2) is 18.1 Å². The number of hydrogen-bond donors (Lipinski definition) is 0. The Bertz CT molecular complexity index is 768. The summed E-state index contributed by atoms with van der Waals surface area (Å²) in [6.07, 6.45) is -3.72. The van der Waals surface area contributed by atoms with E-state index in [9.17, 15) is 13.2 Å². The van der Waals surface area contributed by atoms with E-state index in [0.717, 1.165) is 0 Å². The van der Waals surface area contributed by atoms with E-state index >= 15 is 0 Å². The fraction of sp³-hybridized carbons (Fsp3) is 0.286. The number of nitrogens with zero attached hydrogens (tertiary/aromatic N) is 2. The molecule has 0 aliphatic carbocycles. The van der Waals surface area contributed by atoms with Gasteiger partial charge < -0.3 is 9.15 Å². The minimum Gasteiger partial charge on any atom is -0.443 e. The molecule has 0 N–H and O–H groups in total. The van der Waals surface area contributed by atoms with Crippen molar-refractivity contribution in [2.75, 3.05) is 6.61 Å². The van der Waals surface area contributed by atoms with Gasteiger partial charge in [-0.3, -0.25) is 0 Å². The number of ether oxygens (including phenoxy) is 1. The second-order valence-corrected chi connectivity index (χ2v) is 5.38. The number of fused-ring (bicyclic) bond motifs is 1. The van der Waals surface area contributed by atoms with Crippen LogP contribution in [-0.2, 0) is 4.74 Å². The molecule has 0 amide bonds. The molecular formula is C14H11F3N2O2S. The Kier molecular flexibility index (Phi) is 3.88. The highest BCUT2D eigenvalue weighted by Gasteiger charge is 2.42. The first-order chi connectivity index (χ1) is 10.5. The Balaban J connectivity index is 2.18. The first-order valence-corrected chi connectivity index (χ1v) is 7.34. The normalized spacial score (nSPS) is 13.6. The van der Waals surface area contributed by atoms with E-state index in [1.54, 1.807) is 11.6 Å². The molecule has 0 saturated carbocycles. The van der Waals surface area contributed by atoms with Crippen LogP contribution in [-0.4, -0.2) is 22.8 Å². The van der Waals surface area contributed by atoms with Gasteiger partial charge in [-0.2, -0.15) is 13.2 Å². The van der Waals surface area contributed by atoms with Crippen LogP contribution in [0.25, 0.3) is 21.7 Å². The third kappa shape index (κ3) is 2.71. The van der Waals surface area contributed by atoms with Gasteiger partial charge in [-0.1, -0.05) is 0 Å². The molecule has 1 unspecified atom stereocenters. The smallest absolute Gasteiger partial charge is 0.418 e. The van der Waals surface area contributed by atoms with Crippen LogP contribution in [0, 0.1) is 0 Å². The predicted octanol–water partition coefficient (Wildman–Crippen LogP) is 4.59. The fourth-order valence-corrected chi connectivity index (χ4v) is 2.85. The number of hydrogen-bond acceptors (Lipinski definition) is 5. The number of thiazole rings is 1. The average Bonchev–Trinajstić information content (AvgIpc) is 3.12. The Morgan fingerprint density at radius 2 is 2.14 bits per heavy atom. The standard InChI is InChI=1S/C14H11F3N2O2S/c1-2-20-12(14(15,16)17)8-5-9(13-18-3-4-22-13)11-10(6-8)19-7-21-11/h3-7,12H,2H2,1H3. The molecule has 0 spiro atoms. The van der Waals surface area contributed by atoms with E-state index in [-0.39, 0.29) is 12.2 Å². The lowest BCUT2D eigenvalue weighted by atomic mass is 10.0. The lowest BCUT2D eigenvalue weighted by Gasteiger charge is -2.21. The van der Waals surface area contributed by atoms with Gasteiger partial charge in [0.05, 0.1) is 5.56 Å². The lowest BCUT2D eigenvalue weighted by Crippen LogP contribution is -2.23. The molecule has 0 bridgehead atoms. The zero-order valence-corrected chi connectivity index (χ0v) is 12.2. The first-order valence-electron chi connectivity index (χ1n) is 6.46. The summed E-state index contributed by atoms with van der Waals surface area (Å²) in [6, 6.07) is 2.74. The third-order valence-corrected chi connectivity index (χ3v) is 3.86. The summed E-state index contributed by atoms with van der Waals surface area (Å²) in [6.45, 7) is 1.47. The topological polar surface area (TPSA) is 48.2 Å². The minimum atomic E-state index is -4.51. The summed E-state index contributed by atoms with van der Waals surface area (Å²) >= 11 is 1.31. The molecule has 0 fully saturated rings. The SMILES string of the molecule is CCOC(c1cc(-c2nccs2)c2ocnc2c1)C(F)(F)F. The van der Waals surface area contributed by atoms with E-state index in [1.807, 2.05) is 0 Å². The second kappa shape index (κ2) is 5.69. The number of benzene rings is 1. The van der Waals surface area contributed by atoms with Crippen LogP contribution in [0.5, 0.6) is 0 Å². The molecule has 0 saturated heterocycles.